The first kappa shape index (κ1) is 6.20. The Bertz CT molecular complexity index is 75.3. The second-order valence-corrected chi connectivity index (χ2v) is 1.02. The van der Waals surface area contributed by atoms with E-state index in [1.165, 1.54) is 6.92 Å². The number of urea groups is 1. The van der Waals surface area contributed by atoms with Crippen molar-refractivity contribution in [2.24, 2.45) is 5.73 Å². The Hall–Kier alpha value is -0.800. The van der Waals surface area contributed by atoms with Gasteiger partial charge in [0.25, 0.3) is 0 Å². The van der Waals surface area contributed by atoms with Gasteiger partial charge in [-0.3, -0.25) is 0 Å². The number of halogens is 1. The lowest BCUT2D eigenvalue weighted by atomic mass is 10.7. The standard InChI is InChI=1S/C3H7FN2O/c1-2-6(4)3(5)7/h2H2,1H3,(H2,5,7). The Morgan fingerprint density at radius 1 is 2.00 bits per heavy atom. The zero-order chi connectivity index (χ0) is 5.86. The van der Waals surface area contributed by atoms with Gasteiger partial charge in [0.2, 0.25) is 0 Å². The van der Waals surface area contributed by atoms with Crippen LogP contribution >= 0.6 is 0 Å². The van der Waals surface area contributed by atoms with Crippen molar-refractivity contribution < 1.29 is 9.28 Å². The van der Waals surface area contributed by atoms with Crippen LogP contribution in [0, 0.1) is 0 Å². The molecule has 0 bridgehead atoms. The van der Waals surface area contributed by atoms with Crippen molar-refractivity contribution in [3.63, 3.8) is 0 Å². The van der Waals surface area contributed by atoms with Crippen molar-refractivity contribution in [1.82, 2.24) is 5.12 Å². The molecule has 0 aromatic carbocycles. The van der Waals surface area contributed by atoms with Crippen LogP contribution < -0.4 is 5.73 Å². The van der Waals surface area contributed by atoms with Crippen LogP contribution in [0.3, 0.4) is 0 Å². The van der Waals surface area contributed by atoms with Gasteiger partial charge in [0.1, 0.15) is 0 Å². The second kappa shape index (κ2) is 2.39. The van der Waals surface area contributed by atoms with Crippen molar-refractivity contribution in [2.75, 3.05) is 6.54 Å². The van der Waals surface area contributed by atoms with Crippen LogP contribution in [-0.4, -0.2) is 17.7 Å². The maximum atomic E-state index is 11.6. The van der Waals surface area contributed by atoms with Gasteiger partial charge in [0.15, 0.2) is 0 Å². The van der Waals surface area contributed by atoms with Gasteiger partial charge in [0.05, 0.1) is 6.54 Å². The molecule has 0 atom stereocenters. The normalized spacial score (nSPS) is 8.29. The molecule has 2 amide bonds. The van der Waals surface area contributed by atoms with Crippen LogP contribution in [0.5, 0.6) is 0 Å². The molecule has 0 radical (unpaired) electrons. The SMILES string of the molecule is CCN(F)C(N)=O. The number of nitrogens with two attached hydrogens (primary N) is 1. The minimum atomic E-state index is -1.04. The van der Waals surface area contributed by atoms with Gasteiger partial charge in [-0.25, -0.2) is 4.79 Å². The van der Waals surface area contributed by atoms with Crippen molar-refractivity contribution in [3.8, 4) is 0 Å². The highest BCUT2D eigenvalue weighted by Gasteiger charge is 2.00. The molecule has 0 fully saturated rings. The minimum absolute atomic E-state index is 0.00926. The fourth-order valence-corrected chi connectivity index (χ4v) is 0.156. The molecule has 2 N–H and O–H groups in total. The molecule has 0 rings (SSSR count). The fraction of sp³-hybridized carbons (Fsp3) is 0.667. The van der Waals surface area contributed by atoms with Gasteiger partial charge in [0, 0.05) is 0 Å². The molecule has 0 heterocycles. The van der Waals surface area contributed by atoms with E-state index in [2.05, 4.69) is 5.73 Å². The highest BCUT2D eigenvalue weighted by atomic mass is 19.2. The van der Waals surface area contributed by atoms with Crippen molar-refractivity contribution >= 4 is 6.03 Å². The van der Waals surface area contributed by atoms with E-state index in [4.69, 9.17) is 0 Å². The topological polar surface area (TPSA) is 46.3 Å². The summed E-state index contributed by atoms with van der Waals surface area (Å²) in [4.78, 5) is 9.70. The van der Waals surface area contributed by atoms with Gasteiger partial charge in [-0.15, -0.1) is 0 Å². The summed E-state index contributed by atoms with van der Waals surface area (Å²) < 4.78 is 11.6. The summed E-state index contributed by atoms with van der Waals surface area (Å²) in [6, 6.07) is -1.04. The monoisotopic (exact) mass is 106 g/mol. The molecular formula is C3H7FN2O. The van der Waals surface area contributed by atoms with E-state index >= 15 is 0 Å². The fourth-order valence-electron chi connectivity index (χ4n) is 0.156. The number of nitrogens with zero attached hydrogens (tertiary/aromatic N) is 1. The molecule has 3 nitrogen and oxygen atoms in total. The minimum Gasteiger partial charge on any atom is -0.350 e. The lowest BCUT2D eigenvalue weighted by molar-refractivity contribution is 0.0782. The average Bonchev–Trinajstić information content (AvgIpc) is 1.65. The Kier molecular flexibility index (Phi) is 2.11. The molecule has 0 aromatic heterocycles. The Labute approximate surface area is 40.8 Å². The first-order valence-electron chi connectivity index (χ1n) is 1.91. The summed E-state index contributed by atoms with van der Waals surface area (Å²) >= 11 is 0. The largest absolute Gasteiger partial charge is 0.350 e. The predicted octanol–water partition coefficient (Wildman–Crippen LogP) is 0.272. The molecule has 0 aliphatic carbocycles. The Morgan fingerprint density at radius 3 is 2.43 bits per heavy atom. The molecular weight excluding hydrogens is 99.0 g/mol. The summed E-state index contributed by atoms with van der Waals surface area (Å²) in [7, 11) is 0. The zero-order valence-corrected chi connectivity index (χ0v) is 4.02. The molecule has 4 heteroatoms. The van der Waals surface area contributed by atoms with Gasteiger partial charge in [-0.2, -0.15) is 5.12 Å². The number of amides is 2. The number of hydrogen-bond donors (Lipinski definition) is 1. The third kappa shape index (κ3) is 1.97. The molecule has 42 valence electrons. The number of carbonyl (C=O) groups excluding carboxylic acids is 1. The van der Waals surface area contributed by atoms with Crippen LogP contribution in [0.4, 0.5) is 9.28 Å². The molecule has 0 aliphatic rings. The lowest BCUT2D eigenvalue weighted by Gasteiger charge is -2.01. The van der Waals surface area contributed by atoms with Gasteiger partial charge in [-0.1, -0.05) is 4.48 Å². The van der Waals surface area contributed by atoms with E-state index in [9.17, 15) is 9.28 Å². The quantitative estimate of drug-likeness (QED) is 0.479. The highest BCUT2D eigenvalue weighted by molar-refractivity contribution is 5.70. The van der Waals surface area contributed by atoms with Gasteiger partial charge < -0.3 is 5.73 Å². The molecule has 0 aromatic rings. The van der Waals surface area contributed by atoms with Gasteiger partial charge >= 0.3 is 6.03 Å². The van der Waals surface area contributed by atoms with E-state index in [0.29, 0.717) is 0 Å². The molecule has 7 heavy (non-hydrogen) atoms. The third-order valence-corrected chi connectivity index (χ3v) is 0.517. The average molecular weight is 106 g/mol. The third-order valence-electron chi connectivity index (χ3n) is 0.517. The number of primary amides is 1. The number of rotatable bonds is 1. The summed E-state index contributed by atoms with van der Waals surface area (Å²) in [5.74, 6) is 0. The van der Waals surface area contributed by atoms with E-state index in [0.717, 1.165) is 0 Å². The van der Waals surface area contributed by atoms with E-state index < -0.39 is 6.03 Å². The van der Waals surface area contributed by atoms with E-state index in [1.54, 1.807) is 0 Å². The summed E-state index contributed by atoms with van der Waals surface area (Å²) in [6.07, 6.45) is 0. The lowest BCUT2D eigenvalue weighted by Crippen LogP contribution is -2.27. The predicted molar refractivity (Wildman–Crippen MR) is 23.1 cm³/mol. The van der Waals surface area contributed by atoms with Crippen molar-refractivity contribution in [3.05, 3.63) is 0 Å². The number of hydrogen-bond acceptors (Lipinski definition) is 1. The van der Waals surface area contributed by atoms with E-state index in [1.807, 2.05) is 0 Å². The molecule has 0 saturated heterocycles. The molecule has 0 unspecified atom stereocenters. The molecule has 0 spiro atoms. The van der Waals surface area contributed by atoms with Crippen molar-refractivity contribution in [1.29, 1.82) is 0 Å². The summed E-state index contributed by atoms with van der Waals surface area (Å²) in [6.45, 7) is 1.50. The maximum Gasteiger partial charge on any atom is 0.342 e. The van der Waals surface area contributed by atoms with Crippen LogP contribution in [-0.2, 0) is 0 Å². The first-order valence-corrected chi connectivity index (χ1v) is 1.91. The summed E-state index contributed by atoms with van der Waals surface area (Å²) in [5.41, 5.74) is 4.46. The highest BCUT2D eigenvalue weighted by Crippen LogP contribution is 1.82. The number of carbonyl (C=O) groups is 1. The van der Waals surface area contributed by atoms with E-state index in [-0.39, 0.29) is 11.7 Å². The van der Waals surface area contributed by atoms with Crippen LogP contribution in [0.2, 0.25) is 0 Å². The zero-order valence-electron chi connectivity index (χ0n) is 4.02. The Balaban J connectivity index is 3.34. The van der Waals surface area contributed by atoms with Gasteiger partial charge in [-0.05, 0) is 6.92 Å². The Morgan fingerprint density at radius 2 is 2.43 bits per heavy atom. The molecule has 0 saturated carbocycles. The van der Waals surface area contributed by atoms with Crippen LogP contribution in [0.25, 0.3) is 0 Å². The van der Waals surface area contributed by atoms with Crippen LogP contribution in [0.1, 0.15) is 6.92 Å². The maximum absolute atomic E-state index is 11.6. The molecule has 0 aliphatic heterocycles. The smallest absolute Gasteiger partial charge is 0.342 e. The second-order valence-electron chi connectivity index (χ2n) is 1.02. The first-order chi connectivity index (χ1) is 3.18. The van der Waals surface area contributed by atoms with Crippen molar-refractivity contribution in [2.45, 2.75) is 6.92 Å². The summed E-state index contributed by atoms with van der Waals surface area (Å²) in [5, 5.41) is -0.0694. The van der Waals surface area contributed by atoms with Crippen LogP contribution in [0.15, 0.2) is 0 Å².